The van der Waals surface area contributed by atoms with E-state index in [0.717, 1.165) is 0 Å². The molecule has 0 bridgehead atoms. The summed E-state index contributed by atoms with van der Waals surface area (Å²) in [5.74, 6) is 0. The maximum absolute atomic E-state index is 2.60. The molecule has 2 aliphatic carbocycles. The predicted molar refractivity (Wildman–Crippen MR) is 213 cm³/mol. The van der Waals surface area contributed by atoms with E-state index in [0.29, 0.717) is 0 Å². The number of fused-ring (bicyclic) bond motifs is 7. The molecule has 240 valence electrons. The Balaban J connectivity index is 1.38. The van der Waals surface area contributed by atoms with Crippen molar-refractivity contribution in [1.29, 1.82) is 0 Å². The molecule has 2 aliphatic rings. The van der Waals surface area contributed by atoms with E-state index in [1.165, 1.54) is 98.4 Å². The molecule has 0 aliphatic heterocycles. The third kappa shape index (κ3) is 3.92. The predicted octanol–water partition coefficient (Wildman–Crippen LogP) is 12.9. The van der Waals surface area contributed by atoms with Gasteiger partial charge >= 0.3 is 0 Å². The van der Waals surface area contributed by atoms with Crippen molar-refractivity contribution in [1.82, 2.24) is 0 Å². The fraction of sp³-hybridized carbons (Fsp3) is 0.125. The summed E-state index contributed by atoms with van der Waals surface area (Å²) < 4.78 is 1.34. The number of hydrogen-bond acceptors (Lipinski definition) is 2. The Morgan fingerprint density at radius 2 is 0.760 bits per heavy atom. The zero-order valence-corrected chi connectivity index (χ0v) is 30.3. The highest BCUT2D eigenvalue weighted by molar-refractivity contribution is 7.17. The van der Waals surface area contributed by atoms with Crippen molar-refractivity contribution in [2.24, 2.45) is 0 Å². The summed E-state index contributed by atoms with van der Waals surface area (Å²) in [5, 5.41) is 5.85. The van der Waals surface area contributed by atoms with E-state index < -0.39 is 10.8 Å². The Labute approximate surface area is 302 Å². The van der Waals surface area contributed by atoms with E-state index in [4.69, 9.17) is 0 Å². The van der Waals surface area contributed by atoms with Crippen molar-refractivity contribution in [3.05, 3.63) is 211 Å². The summed E-state index contributed by atoms with van der Waals surface area (Å²) in [6, 6.07) is 52.1. The van der Waals surface area contributed by atoms with Crippen LogP contribution < -0.4 is 0 Å². The second kappa shape index (κ2) is 10.7. The number of rotatable bonds is 4. The Morgan fingerprint density at radius 3 is 1.28 bits per heavy atom. The van der Waals surface area contributed by atoms with Gasteiger partial charge in [-0.3, -0.25) is 0 Å². The lowest BCUT2D eigenvalue weighted by molar-refractivity contribution is 0.759. The second-order valence-corrected chi connectivity index (χ2v) is 16.3. The Hall–Kier alpha value is -5.02. The molecular weight excluding hydrogens is 641 g/mol. The van der Waals surface area contributed by atoms with Crippen LogP contribution in [0.15, 0.2) is 144 Å². The van der Waals surface area contributed by atoms with Gasteiger partial charge in [0.25, 0.3) is 0 Å². The molecule has 2 heteroatoms. The summed E-state index contributed by atoms with van der Waals surface area (Å²) in [6.45, 7) is 8.75. The van der Waals surface area contributed by atoms with E-state index in [-0.39, 0.29) is 0 Å². The molecule has 50 heavy (non-hydrogen) atoms. The van der Waals surface area contributed by atoms with Crippen molar-refractivity contribution in [3.8, 4) is 21.6 Å². The molecule has 0 unspecified atom stereocenters. The van der Waals surface area contributed by atoms with E-state index in [1.807, 2.05) is 22.7 Å². The molecule has 8 aromatic rings. The number of hydrogen-bond donors (Lipinski definition) is 0. The van der Waals surface area contributed by atoms with E-state index in [9.17, 15) is 0 Å². The zero-order chi connectivity index (χ0) is 33.8. The van der Waals surface area contributed by atoms with Crippen LogP contribution >= 0.6 is 22.7 Å². The van der Waals surface area contributed by atoms with Gasteiger partial charge in [0, 0.05) is 9.58 Å². The highest BCUT2D eigenvalue weighted by Crippen LogP contribution is 2.63. The molecule has 0 nitrogen and oxygen atoms in total. The van der Waals surface area contributed by atoms with Gasteiger partial charge in [-0.05, 0) is 141 Å². The van der Waals surface area contributed by atoms with Crippen molar-refractivity contribution >= 4 is 32.8 Å². The minimum absolute atomic E-state index is 0.424. The van der Waals surface area contributed by atoms with Crippen LogP contribution in [-0.4, -0.2) is 0 Å². The fourth-order valence-electron chi connectivity index (χ4n) is 9.07. The Bertz CT molecular complexity index is 2500. The van der Waals surface area contributed by atoms with Crippen LogP contribution in [0.2, 0.25) is 0 Å². The minimum atomic E-state index is -0.463. The molecule has 2 heterocycles. The lowest BCUT2D eigenvalue weighted by Gasteiger charge is -2.35. The van der Waals surface area contributed by atoms with Crippen LogP contribution in [0.4, 0.5) is 0 Å². The first-order valence-corrected chi connectivity index (χ1v) is 19.2. The van der Waals surface area contributed by atoms with Crippen molar-refractivity contribution in [3.63, 3.8) is 0 Å². The maximum Gasteiger partial charge on any atom is 0.0722 e. The van der Waals surface area contributed by atoms with Gasteiger partial charge < -0.3 is 0 Å². The van der Waals surface area contributed by atoms with Gasteiger partial charge in [0.15, 0.2) is 0 Å². The molecule has 0 atom stereocenters. The fourth-order valence-corrected chi connectivity index (χ4v) is 10.9. The molecule has 0 radical (unpaired) electrons. The summed E-state index contributed by atoms with van der Waals surface area (Å²) in [4.78, 5) is 1.38. The first-order chi connectivity index (χ1) is 24.4. The first-order valence-electron chi connectivity index (χ1n) is 17.5. The topological polar surface area (TPSA) is 0 Å². The number of thiophene rings is 2. The Kier molecular flexibility index (Phi) is 6.41. The van der Waals surface area contributed by atoms with Crippen LogP contribution in [0.3, 0.4) is 0 Å². The van der Waals surface area contributed by atoms with Gasteiger partial charge in [0.05, 0.1) is 10.8 Å². The summed E-state index contributed by atoms with van der Waals surface area (Å²) in [5.41, 5.74) is 19.0. The molecule has 0 N–H and O–H groups in total. The molecule has 0 amide bonds. The number of aryl methyl sites for hydroxylation is 4. The molecule has 10 rings (SSSR count). The van der Waals surface area contributed by atoms with Crippen LogP contribution in [0, 0.1) is 27.7 Å². The SMILES string of the molecule is Cc1ccc(C2(c3ccc(C)cc3)c3cc4c(cc3-c3cc5ccsc5cc32)C(c2ccc(C)cc2)(c2ccc(C)cc2)c2ccsc2-4)cc1. The van der Waals surface area contributed by atoms with E-state index in [1.54, 1.807) is 0 Å². The van der Waals surface area contributed by atoms with Gasteiger partial charge in [-0.2, -0.15) is 0 Å². The molecule has 0 spiro atoms. The van der Waals surface area contributed by atoms with Gasteiger partial charge in [0.1, 0.15) is 0 Å². The van der Waals surface area contributed by atoms with Crippen molar-refractivity contribution < 1.29 is 0 Å². The van der Waals surface area contributed by atoms with Gasteiger partial charge in [-0.1, -0.05) is 119 Å². The number of benzene rings is 6. The van der Waals surface area contributed by atoms with Gasteiger partial charge in [0.2, 0.25) is 0 Å². The maximum atomic E-state index is 2.60. The molecule has 0 fully saturated rings. The third-order valence-electron chi connectivity index (χ3n) is 11.5. The third-order valence-corrected chi connectivity index (χ3v) is 13.3. The van der Waals surface area contributed by atoms with Crippen molar-refractivity contribution in [2.75, 3.05) is 0 Å². The summed E-state index contributed by atoms with van der Waals surface area (Å²) in [7, 11) is 0. The van der Waals surface area contributed by atoms with Crippen LogP contribution in [0.25, 0.3) is 31.7 Å². The molecule has 2 aromatic heterocycles. The molecule has 0 saturated carbocycles. The average Bonchev–Trinajstić information content (AvgIpc) is 3.91. The molecule has 6 aromatic carbocycles. The van der Waals surface area contributed by atoms with Crippen LogP contribution in [0.1, 0.15) is 66.8 Å². The lowest BCUT2D eigenvalue weighted by Crippen LogP contribution is -2.30. The highest BCUT2D eigenvalue weighted by Gasteiger charge is 2.52. The normalized spacial score (nSPS) is 14.7. The molecular formula is C48H36S2. The summed E-state index contributed by atoms with van der Waals surface area (Å²) in [6.07, 6.45) is 0. The standard InChI is InChI=1S/C48H36S2/c1-29-5-13-34(14-6-29)47(35-15-7-30(2)8-16-35)41-22-24-50-46(41)40-27-42-39(26-43(40)47)38-25-33-21-23-49-45(33)28-44(38)48(42,36-17-9-31(3)10-18-36)37-19-11-32(4)12-20-37/h5-28H,1-4H3. The highest BCUT2D eigenvalue weighted by atomic mass is 32.1. The van der Waals surface area contributed by atoms with Gasteiger partial charge in [-0.25, -0.2) is 0 Å². The monoisotopic (exact) mass is 676 g/mol. The smallest absolute Gasteiger partial charge is 0.0722 e. The Morgan fingerprint density at radius 1 is 0.360 bits per heavy atom. The van der Waals surface area contributed by atoms with E-state index in [2.05, 4.69) is 172 Å². The van der Waals surface area contributed by atoms with Crippen molar-refractivity contribution in [2.45, 2.75) is 38.5 Å². The quantitative estimate of drug-likeness (QED) is 0.174. The van der Waals surface area contributed by atoms with Crippen LogP contribution in [0.5, 0.6) is 0 Å². The molecule has 0 saturated heterocycles. The van der Waals surface area contributed by atoms with Crippen LogP contribution in [-0.2, 0) is 10.8 Å². The zero-order valence-electron chi connectivity index (χ0n) is 28.7. The largest absolute Gasteiger partial charge is 0.144 e. The first kappa shape index (κ1) is 29.9. The summed E-state index contributed by atoms with van der Waals surface area (Å²) >= 11 is 3.72. The average molecular weight is 677 g/mol. The second-order valence-electron chi connectivity index (χ2n) is 14.4. The minimum Gasteiger partial charge on any atom is -0.144 e. The lowest BCUT2D eigenvalue weighted by atomic mass is 9.65. The van der Waals surface area contributed by atoms with Gasteiger partial charge in [-0.15, -0.1) is 22.7 Å². The van der Waals surface area contributed by atoms with E-state index >= 15 is 0 Å².